The largest absolute Gasteiger partial charge is 0.492 e. The fourth-order valence-electron chi connectivity index (χ4n) is 1.32. The molecular weight excluding hydrogens is 254 g/mol. The number of halogens is 1. The van der Waals surface area contributed by atoms with Crippen LogP contribution in [-0.2, 0) is 0 Å². The molecule has 2 nitrogen and oxygen atoms in total. The van der Waals surface area contributed by atoms with E-state index in [1.165, 1.54) is 0 Å². The van der Waals surface area contributed by atoms with Gasteiger partial charge >= 0.3 is 0 Å². The lowest BCUT2D eigenvalue weighted by atomic mass is 10.1. The van der Waals surface area contributed by atoms with E-state index >= 15 is 0 Å². The van der Waals surface area contributed by atoms with Gasteiger partial charge in [-0.25, -0.2) is 0 Å². The lowest BCUT2D eigenvalue weighted by Crippen LogP contribution is -2.00. The molecule has 80 valence electrons. The first-order chi connectivity index (χ1) is 7.19. The third-order valence-corrected chi connectivity index (χ3v) is 2.56. The molecule has 0 fully saturated rings. The average molecular weight is 268 g/mol. The molecule has 1 rings (SSSR count). The molecule has 0 aromatic heterocycles. The number of nitrogens with zero attached hydrogens (tertiary/aromatic N) is 1. The van der Waals surface area contributed by atoms with Crippen molar-refractivity contribution in [1.29, 1.82) is 5.26 Å². The van der Waals surface area contributed by atoms with Gasteiger partial charge in [0.15, 0.2) is 0 Å². The number of aryl methyl sites for hydroxylation is 1. The minimum atomic E-state index is 0.595. The summed E-state index contributed by atoms with van der Waals surface area (Å²) >= 11 is 3.36. The van der Waals surface area contributed by atoms with Crippen molar-refractivity contribution in [2.24, 2.45) is 0 Å². The zero-order valence-electron chi connectivity index (χ0n) is 9.01. The quantitative estimate of drug-likeness (QED) is 0.778. The van der Waals surface area contributed by atoms with Crippen LogP contribution in [0.3, 0.4) is 0 Å². The fraction of sp³-hybridized carbons (Fsp3) is 0.417. The van der Waals surface area contributed by atoms with Gasteiger partial charge in [-0.1, -0.05) is 29.3 Å². The Bertz CT molecular complexity index is 382. The first-order valence-electron chi connectivity index (χ1n) is 5.02. The maximum Gasteiger partial charge on any atom is 0.140 e. The molecule has 0 heterocycles. The van der Waals surface area contributed by atoms with Gasteiger partial charge in [-0.05, 0) is 31.0 Å². The molecule has 3 heteroatoms. The Labute approximate surface area is 99.0 Å². The van der Waals surface area contributed by atoms with Gasteiger partial charge < -0.3 is 4.74 Å². The van der Waals surface area contributed by atoms with Crippen LogP contribution in [0.15, 0.2) is 16.6 Å². The molecule has 0 aliphatic rings. The molecule has 0 unspecified atom stereocenters. The first-order valence-corrected chi connectivity index (χ1v) is 5.81. The van der Waals surface area contributed by atoms with Crippen molar-refractivity contribution < 1.29 is 4.74 Å². The van der Waals surface area contributed by atoms with Gasteiger partial charge in [0.2, 0.25) is 0 Å². The third kappa shape index (κ3) is 3.24. The fourth-order valence-corrected chi connectivity index (χ4v) is 1.90. The molecule has 1 aromatic rings. The van der Waals surface area contributed by atoms with E-state index in [1.807, 2.05) is 13.0 Å². The van der Waals surface area contributed by atoms with Gasteiger partial charge in [-0.3, -0.25) is 0 Å². The Kier molecular flexibility index (Phi) is 4.64. The lowest BCUT2D eigenvalue weighted by Gasteiger charge is -2.10. The zero-order valence-corrected chi connectivity index (χ0v) is 10.6. The normalized spacial score (nSPS) is 9.73. The van der Waals surface area contributed by atoms with Crippen molar-refractivity contribution in [1.82, 2.24) is 0 Å². The summed E-state index contributed by atoms with van der Waals surface area (Å²) in [6, 6.07) is 5.90. The number of hydrogen-bond donors (Lipinski definition) is 0. The van der Waals surface area contributed by atoms with E-state index in [-0.39, 0.29) is 0 Å². The van der Waals surface area contributed by atoms with Gasteiger partial charge in [0, 0.05) is 4.47 Å². The number of benzene rings is 1. The predicted octanol–water partition coefficient (Wildman–Crippen LogP) is 3.81. The van der Waals surface area contributed by atoms with Gasteiger partial charge in [-0.15, -0.1) is 0 Å². The summed E-state index contributed by atoms with van der Waals surface area (Å²) in [5.74, 6) is 0.717. The summed E-state index contributed by atoms with van der Waals surface area (Å²) in [6.45, 7) is 4.74. The minimum absolute atomic E-state index is 0.595. The van der Waals surface area contributed by atoms with E-state index in [1.54, 1.807) is 6.07 Å². The number of rotatable bonds is 4. The SMILES string of the molecule is CCCCOc1c(C)cc(Br)cc1C#N. The van der Waals surface area contributed by atoms with Gasteiger partial charge in [0.05, 0.1) is 12.2 Å². The summed E-state index contributed by atoms with van der Waals surface area (Å²) in [5.41, 5.74) is 1.59. The van der Waals surface area contributed by atoms with E-state index in [9.17, 15) is 0 Å². The second-order valence-corrected chi connectivity index (χ2v) is 4.33. The molecule has 0 atom stereocenters. The van der Waals surface area contributed by atoms with Crippen LogP contribution in [0.25, 0.3) is 0 Å². The molecule has 0 saturated carbocycles. The van der Waals surface area contributed by atoms with Crippen molar-refractivity contribution in [3.63, 3.8) is 0 Å². The maximum absolute atomic E-state index is 8.97. The van der Waals surface area contributed by atoms with Crippen LogP contribution < -0.4 is 4.74 Å². The van der Waals surface area contributed by atoms with Crippen molar-refractivity contribution in [3.8, 4) is 11.8 Å². The second kappa shape index (κ2) is 5.77. The standard InChI is InChI=1S/C12H14BrNO/c1-3-4-5-15-12-9(2)6-11(13)7-10(12)8-14/h6-7H,3-5H2,1-2H3. The first kappa shape index (κ1) is 12.1. The van der Waals surface area contributed by atoms with Gasteiger partial charge in [0.1, 0.15) is 11.8 Å². The van der Waals surface area contributed by atoms with E-state index in [2.05, 4.69) is 28.9 Å². The van der Waals surface area contributed by atoms with Gasteiger partial charge in [-0.2, -0.15) is 5.26 Å². The molecule has 15 heavy (non-hydrogen) atoms. The van der Waals surface area contributed by atoms with E-state index in [0.717, 1.165) is 22.9 Å². The van der Waals surface area contributed by atoms with Crippen LogP contribution in [0.1, 0.15) is 30.9 Å². The number of unbranched alkanes of at least 4 members (excludes halogenated alkanes) is 1. The number of hydrogen-bond acceptors (Lipinski definition) is 2. The predicted molar refractivity (Wildman–Crippen MR) is 64.0 cm³/mol. The molecule has 0 spiro atoms. The molecule has 0 bridgehead atoms. The molecule has 0 aliphatic carbocycles. The van der Waals surface area contributed by atoms with Crippen LogP contribution in [0.5, 0.6) is 5.75 Å². The summed E-state index contributed by atoms with van der Waals surface area (Å²) in [4.78, 5) is 0. The van der Waals surface area contributed by atoms with E-state index < -0.39 is 0 Å². The monoisotopic (exact) mass is 267 g/mol. The summed E-state index contributed by atoms with van der Waals surface area (Å²) in [6.07, 6.45) is 2.11. The number of ether oxygens (including phenoxy) is 1. The molecule has 0 radical (unpaired) electrons. The smallest absolute Gasteiger partial charge is 0.140 e. The van der Waals surface area contributed by atoms with Crippen molar-refractivity contribution in [3.05, 3.63) is 27.7 Å². The minimum Gasteiger partial charge on any atom is -0.492 e. The van der Waals surface area contributed by atoms with Crippen molar-refractivity contribution >= 4 is 15.9 Å². The highest BCUT2D eigenvalue weighted by Gasteiger charge is 2.08. The molecule has 0 amide bonds. The van der Waals surface area contributed by atoms with Gasteiger partial charge in [0.25, 0.3) is 0 Å². The zero-order chi connectivity index (χ0) is 11.3. The average Bonchev–Trinajstić information content (AvgIpc) is 2.20. The van der Waals surface area contributed by atoms with Crippen LogP contribution in [0.4, 0.5) is 0 Å². The van der Waals surface area contributed by atoms with Crippen molar-refractivity contribution in [2.45, 2.75) is 26.7 Å². The van der Waals surface area contributed by atoms with Crippen LogP contribution in [0, 0.1) is 18.3 Å². The Hall–Kier alpha value is -1.01. The van der Waals surface area contributed by atoms with E-state index in [4.69, 9.17) is 10.00 Å². The second-order valence-electron chi connectivity index (χ2n) is 3.41. The Morgan fingerprint density at radius 1 is 1.47 bits per heavy atom. The highest BCUT2D eigenvalue weighted by atomic mass is 79.9. The summed E-state index contributed by atoms with van der Waals surface area (Å²) in [7, 11) is 0. The molecule has 1 aromatic carbocycles. The van der Waals surface area contributed by atoms with Crippen LogP contribution in [-0.4, -0.2) is 6.61 Å². The third-order valence-electron chi connectivity index (χ3n) is 2.10. The Morgan fingerprint density at radius 2 is 2.20 bits per heavy atom. The molecule has 0 N–H and O–H groups in total. The van der Waals surface area contributed by atoms with Crippen LogP contribution in [0.2, 0.25) is 0 Å². The highest BCUT2D eigenvalue weighted by Crippen LogP contribution is 2.27. The van der Waals surface area contributed by atoms with Crippen LogP contribution >= 0.6 is 15.9 Å². The Morgan fingerprint density at radius 3 is 2.80 bits per heavy atom. The topological polar surface area (TPSA) is 33.0 Å². The molecular formula is C12H14BrNO. The molecule has 0 aliphatic heterocycles. The highest BCUT2D eigenvalue weighted by molar-refractivity contribution is 9.10. The van der Waals surface area contributed by atoms with E-state index in [0.29, 0.717) is 17.9 Å². The Balaban J connectivity index is 2.90. The number of nitriles is 1. The summed E-state index contributed by atoms with van der Waals surface area (Å²) < 4.78 is 6.53. The summed E-state index contributed by atoms with van der Waals surface area (Å²) in [5, 5.41) is 8.97. The maximum atomic E-state index is 8.97. The lowest BCUT2D eigenvalue weighted by molar-refractivity contribution is 0.306. The van der Waals surface area contributed by atoms with Crippen molar-refractivity contribution in [2.75, 3.05) is 6.61 Å². The molecule has 0 saturated heterocycles.